The number of nitrogens with two attached hydrogens (primary N) is 2. The van der Waals surface area contributed by atoms with Crippen molar-refractivity contribution in [1.82, 2.24) is 0 Å². The van der Waals surface area contributed by atoms with E-state index in [-0.39, 0.29) is 5.41 Å². The number of anilines is 2. The van der Waals surface area contributed by atoms with Crippen molar-refractivity contribution in [2.45, 2.75) is 58.8 Å². The lowest BCUT2D eigenvalue weighted by Crippen LogP contribution is -2.24. The van der Waals surface area contributed by atoms with E-state index < -0.39 is 0 Å². The van der Waals surface area contributed by atoms with Crippen LogP contribution in [0.5, 0.6) is 23.0 Å². The van der Waals surface area contributed by atoms with E-state index in [0.29, 0.717) is 0 Å². The molecule has 0 bridgehead atoms. The van der Waals surface area contributed by atoms with Gasteiger partial charge in [-0.15, -0.1) is 0 Å². The molecule has 0 spiro atoms. The normalized spacial score (nSPS) is 14.5. The van der Waals surface area contributed by atoms with Gasteiger partial charge < -0.3 is 20.9 Å². The second kappa shape index (κ2) is 9.85. The molecular formula is C33H36N2O2. The third kappa shape index (κ3) is 4.89. The standard InChI is InChI=1S/C33H36N2O2/c1-21-17-25(18-22(2)31(21)36-29-11-7-27(34)8-12-29)33(15-5-6-16-33)26-19-23(3)32(24(4)20-26)37-30-13-9-28(35)10-14-30/h7-14,17-20H,5-6,15-16,34-35H2,1-4H3. The third-order valence-corrected chi connectivity index (χ3v) is 7.68. The van der Waals surface area contributed by atoms with E-state index in [9.17, 15) is 0 Å². The van der Waals surface area contributed by atoms with Gasteiger partial charge in [-0.05, 0) is 122 Å². The van der Waals surface area contributed by atoms with Gasteiger partial charge in [-0.2, -0.15) is 0 Å². The Bertz CT molecular complexity index is 1270. The Labute approximate surface area is 220 Å². The topological polar surface area (TPSA) is 70.5 Å². The molecule has 4 N–H and O–H groups in total. The van der Waals surface area contributed by atoms with Gasteiger partial charge >= 0.3 is 0 Å². The Hall–Kier alpha value is -3.92. The highest BCUT2D eigenvalue weighted by molar-refractivity contribution is 5.55. The van der Waals surface area contributed by atoms with E-state index in [0.717, 1.165) is 69.5 Å². The Kier molecular flexibility index (Phi) is 6.59. The molecule has 4 nitrogen and oxygen atoms in total. The number of nitrogen functional groups attached to an aromatic ring is 2. The zero-order valence-corrected chi connectivity index (χ0v) is 22.2. The third-order valence-electron chi connectivity index (χ3n) is 7.68. The van der Waals surface area contributed by atoms with Gasteiger partial charge in [0.1, 0.15) is 23.0 Å². The van der Waals surface area contributed by atoms with Crippen molar-refractivity contribution in [2.24, 2.45) is 0 Å². The van der Waals surface area contributed by atoms with E-state index >= 15 is 0 Å². The highest BCUT2D eigenvalue weighted by Crippen LogP contribution is 2.49. The van der Waals surface area contributed by atoms with Crippen LogP contribution in [0.25, 0.3) is 0 Å². The van der Waals surface area contributed by atoms with Crippen LogP contribution in [0.4, 0.5) is 11.4 Å². The molecule has 0 amide bonds. The van der Waals surface area contributed by atoms with Crippen LogP contribution in [0.2, 0.25) is 0 Å². The number of benzene rings is 4. The van der Waals surface area contributed by atoms with Crippen molar-refractivity contribution in [1.29, 1.82) is 0 Å². The van der Waals surface area contributed by atoms with Crippen LogP contribution in [0.3, 0.4) is 0 Å². The minimum Gasteiger partial charge on any atom is -0.457 e. The Balaban J connectivity index is 1.50. The summed E-state index contributed by atoms with van der Waals surface area (Å²) in [5, 5.41) is 0. The van der Waals surface area contributed by atoms with Gasteiger partial charge in [0.2, 0.25) is 0 Å². The molecule has 1 saturated carbocycles. The zero-order valence-electron chi connectivity index (χ0n) is 22.2. The van der Waals surface area contributed by atoms with Crippen molar-refractivity contribution < 1.29 is 9.47 Å². The van der Waals surface area contributed by atoms with E-state index in [2.05, 4.69) is 52.0 Å². The minimum atomic E-state index is -0.00943. The van der Waals surface area contributed by atoms with Gasteiger partial charge in [-0.25, -0.2) is 0 Å². The van der Waals surface area contributed by atoms with Gasteiger partial charge in [-0.3, -0.25) is 0 Å². The molecule has 0 saturated heterocycles. The highest BCUT2D eigenvalue weighted by atomic mass is 16.5. The number of aryl methyl sites for hydroxylation is 4. The van der Waals surface area contributed by atoms with Crippen molar-refractivity contribution in [3.05, 3.63) is 106 Å². The van der Waals surface area contributed by atoms with Crippen LogP contribution in [-0.4, -0.2) is 0 Å². The number of hydrogen-bond acceptors (Lipinski definition) is 4. The molecule has 4 heteroatoms. The molecular weight excluding hydrogens is 456 g/mol. The summed E-state index contributed by atoms with van der Waals surface area (Å²) >= 11 is 0. The van der Waals surface area contributed by atoms with Crippen LogP contribution in [0.1, 0.15) is 59.1 Å². The maximum Gasteiger partial charge on any atom is 0.133 e. The first kappa shape index (κ1) is 24.8. The van der Waals surface area contributed by atoms with E-state index in [4.69, 9.17) is 20.9 Å². The summed E-state index contributed by atoms with van der Waals surface area (Å²) in [5.41, 5.74) is 20.5. The molecule has 0 aliphatic heterocycles. The number of ether oxygens (including phenoxy) is 2. The van der Waals surface area contributed by atoms with Gasteiger partial charge in [0, 0.05) is 16.8 Å². The summed E-state index contributed by atoms with van der Waals surface area (Å²) in [5.74, 6) is 3.43. The lowest BCUT2D eigenvalue weighted by atomic mass is 9.71. The Morgan fingerprint density at radius 3 is 1.19 bits per heavy atom. The first-order chi connectivity index (χ1) is 17.7. The largest absolute Gasteiger partial charge is 0.457 e. The maximum absolute atomic E-state index is 6.29. The van der Waals surface area contributed by atoms with Gasteiger partial charge in [-0.1, -0.05) is 37.1 Å². The molecule has 190 valence electrons. The average Bonchev–Trinajstić information content (AvgIpc) is 3.37. The maximum atomic E-state index is 6.29. The van der Waals surface area contributed by atoms with Gasteiger partial charge in [0.05, 0.1) is 0 Å². The fourth-order valence-corrected chi connectivity index (χ4v) is 5.81. The van der Waals surface area contributed by atoms with Crippen LogP contribution >= 0.6 is 0 Å². The molecule has 4 aromatic carbocycles. The summed E-state index contributed by atoms with van der Waals surface area (Å²) < 4.78 is 12.6. The molecule has 0 aromatic heterocycles. The van der Waals surface area contributed by atoms with Crippen molar-refractivity contribution in [2.75, 3.05) is 11.5 Å². The van der Waals surface area contributed by atoms with Gasteiger partial charge in [0.15, 0.2) is 0 Å². The number of rotatable bonds is 6. The van der Waals surface area contributed by atoms with Crippen LogP contribution in [0.15, 0.2) is 72.8 Å². The molecule has 0 radical (unpaired) electrons. The van der Waals surface area contributed by atoms with E-state index in [1.54, 1.807) is 0 Å². The lowest BCUT2D eigenvalue weighted by molar-refractivity contribution is 0.470. The lowest BCUT2D eigenvalue weighted by Gasteiger charge is -2.33. The summed E-state index contributed by atoms with van der Waals surface area (Å²) in [6, 6.07) is 24.5. The summed E-state index contributed by atoms with van der Waals surface area (Å²) in [6.45, 7) is 8.58. The first-order valence-corrected chi connectivity index (χ1v) is 13.1. The first-order valence-electron chi connectivity index (χ1n) is 13.1. The van der Waals surface area contributed by atoms with Gasteiger partial charge in [0.25, 0.3) is 0 Å². The fraction of sp³-hybridized carbons (Fsp3) is 0.273. The molecule has 0 unspecified atom stereocenters. The summed E-state index contributed by atoms with van der Waals surface area (Å²) in [4.78, 5) is 0. The van der Waals surface area contributed by atoms with E-state index in [1.807, 2.05) is 48.5 Å². The zero-order chi connectivity index (χ0) is 26.2. The monoisotopic (exact) mass is 492 g/mol. The molecule has 0 heterocycles. The highest BCUT2D eigenvalue weighted by Gasteiger charge is 2.38. The SMILES string of the molecule is Cc1cc(C2(c3cc(C)c(Oc4ccc(N)cc4)c(C)c3)CCCC2)cc(C)c1Oc1ccc(N)cc1. The Morgan fingerprint density at radius 1 is 0.541 bits per heavy atom. The van der Waals surface area contributed by atoms with Crippen molar-refractivity contribution in [3.63, 3.8) is 0 Å². The predicted octanol–water partition coefficient (Wildman–Crippen LogP) is 8.53. The van der Waals surface area contributed by atoms with Crippen molar-refractivity contribution >= 4 is 11.4 Å². The summed E-state index contributed by atoms with van der Waals surface area (Å²) in [7, 11) is 0. The average molecular weight is 493 g/mol. The molecule has 0 atom stereocenters. The molecule has 4 aromatic rings. The predicted molar refractivity (Wildman–Crippen MR) is 153 cm³/mol. The van der Waals surface area contributed by atoms with Crippen LogP contribution in [0, 0.1) is 27.7 Å². The van der Waals surface area contributed by atoms with Crippen LogP contribution in [-0.2, 0) is 5.41 Å². The minimum absolute atomic E-state index is 0.00943. The quantitative estimate of drug-likeness (QED) is 0.265. The second-order valence-corrected chi connectivity index (χ2v) is 10.5. The fourth-order valence-electron chi connectivity index (χ4n) is 5.81. The molecule has 1 fully saturated rings. The molecule has 1 aliphatic carbocycles. The van der Waals surface area contributed by atoms with Crippen LogP contribution < -0.4 is 20.9 Å². The second-order valence-electron chi connectivity index (χ2n) is 10.5. The smallest absolute Gasteiger partial charge is 0.133 e. The molecule has 37 heavy (non-hydrogen) atoms. The Morgan fingerprint density at radius 2 is 0.865 bits per heavy atom. The van der Waals surface area contributed by atoms with Crippen molar-refractivity contribution in [3.8, 4) is 23.0 Å². The molecule has 5 rings (SSSR count). The molecule has 1 aliphatic rings. The van der Waals surface area contributed by atoms with E-state index in [1.165, 1.54) is 24.0 Å². The summed E-state index contributed by atoms with van der Waals surface area (Å²) in [6.07, 6.45) is 4.73. The number of hydrogen-bond donors (Lipinski definition) is 2.